The maximum Gasteiger partial charge on any atom is 0.254 e. The van der Waals surface area contributed by atoms with Gasteiger partial charge in [-0.2, -0.15) is 0 Å². The Morgan fingerprint density at radius 2 is 1.52 bits per heavy atom. The number of hydrogen-bond donors (Lipinski definition) is 0. The molecule has 1 saturated carbocycles. The Morgan fingerprint density at radius 1 is 0.850 bits per heavy atom. The molecule has 1 saturated heterocycles. The molecule has 2 amide bonds. The van der Waals surface area contributed by atoms with Gasteiger partial charge >= 0.3 is 0 Å². The highest BCUT2D eigenvalue weighted by Gasteiger charge is 2.48. The summed E-state index contributed by atoms with van der Waals surface area (Å²) < 4.78 is 5.43. The lowest BCUT2D eigenvalue weighted by Crippen LogP contribution is -2.55. The van der Waals surface area contributed by atoms with E-state index in [9.17, 15) is 9.59 Å². The summed E-state index contributed by atoms with van der Waals surface area (Å²) >= 11 is 6.48. The van der Waals surface area contributed by atoms with Gasteiger partial charge in [0.25, 0.3) is 5.91 Å². The lowest BCUT2D eigenvalue weighted by atomic mass is 9.77. The van der Waals surface area contributed by atoms with Crippen molar-refractivity contribution in [2.75, 3.05) is 38.2 Å². The number of nitrogens with zero attached hydrogens (tertiary/aromatic N) is 3. The van der Waals surface area contributed by atoms with Gasteiger partial charge in [-0.15, -0.1) is 0 Å². The van der Waals surface area contributed by atoms with Crippen LogP contribution in [0.4, 0.5) is 5.69 Å². The first-order valence-corrected chi connectivity index (χ1v) is 14.8. The molecule has 2 fully saturated rings. The van der Waals surface area contributed by atoms with Crippen LogP contribution in [-0.2, 0) is 4.79 Å². The fourth-order valence-electron chi connectivity index (χ4n) is 6.81. The van der Waals surface area contributed by atoms with Crippen LogP contribution in [0, 0.1) is 0 Å². The second-order valence-corrected chi connectivity index (χ2v) is 11.5. The molecule has 6 nitrogen and oxygen atoms in total. The van der Waals surface area contributed by atoms with Gasteiger partial charge in [0, 0.05) is 37.8 Å². The average molecular weight is 558 g/mol. The van der Waals surface area contributed by atoms with E-state index in [0.717, 1.165) is 53.3 Å². The van der Waals surface area contributed by atoms with Crippen molar-refractivity contribution in [1.82, 2.24) is 9.80 Å². The van der Waals surface area contributed by atoms with E-state index in [1.165, 1.54) is 6.42 Å². The molecule has 6 rings (SSSR count). The van der Waals surface area contributed by atoms with Crippen molar-refractivity contribution >= 4 is 29.1 Å². The fraction of sp³-hybridized carbons (Fsp3) is 0.394. The number of rotatable bonds is 5. The molecule has 1 aliphatic carbocycles. The van der Waals surface area contributed by atoms with Crippen molar-refractivity contribution in [1.29, 1.82) is 0 Å². The number of amides is 2. The van der Waals surface area contributed by atoms with Gasteiger partial charge < -0.3 is 19.4 Å². The molecule has 40 heavy (non-hydrogen) atoms. The van der Waals surface area contributed by atoms with E-state index in [-0.39, 0.29) is 23.9 Å². The largest absolute Gasteiger partial charge is 0.497 e. The quantitative estimate of drug-likeness (QED) is 0.369. The van der Waals surface area contributed by atoms with Crippen LogP contribution < -0.4 is 9.64 Å². The van der Waals surface area contributed by atoms with Gasteiger partial charge in [-0.1, -0.05) is 73.3 Å². The summed E-state index contributed by atoms with van der Waals surface area (Å²) in [5, 5.41) is 0.727. The zero-order valence-electron chi connectivity index (χ0n) is 23.0. The standard InChI is InChI=1S/C33H36ClN3O3/c1-40-25-17-15-23(16-18-25)31-30(33(39)36-21-19-35(20-22-36)29-14-8-7-13-28(29)34)26-11-5-6-12-27(26)32(38)37(31)24-9-3-2-4-10-24/h5-8,11-18,24,30-31H,2-4,9-10,19-22H2,1H3/t30-,31+/m1/s1. The van der Waals surface area contributed by atoms with Crippen LogP contribution in [0.15, 0.2) is 72.8 Å². The molecule has 0 aromatic heterocycles. The molecule has 208 valence electrons. The Kier molecular flexibility index (Phi) is 7.70. The summed E-state index contributed by atoms with van der Waals surface area (Å²) in [5.74, 6) is 0.404. The first kappa shape index (κ1) is 26.7. The molecule has 3 aliphatic rings. The first-order valence-electron chi connectivity index (χ1n) is 14.4. The number of fused-ring (bicyclic) bond motifs is 1. The van der Waals surface area contributed by atoms with Crippen LogP contribution in [0.3, 0.4) is 0 Å². The number of methoxy groups -OCH3 is 1. The molecule has 0 N–H and O–H groups in total. The molecule has 2 aliphatic heterocycles. The lowest BCUT2D eigenvalue weighted by Gasteiger charge is -2.48. The minimum absolute atomic E-state index is 0.0379. The normalized spacial score (nSPS) is 21.8. The van der Waals surface area contributed by atoms with E-state index in [0.29, 0.717) is 31.7 Å². The minimum Gasteiger partial charge on any atom is -0.497 e. The van der Waals surface area contributed by atoms with Gasteiger partial charge in [0.2, 0.25) is 5.91 Å². The summed E-state index contributed by atoms with van der Waals surface area (Å²) in [7, 11) is 1.65. The number of carbonyl (C=O) groups excluding carboxylic acids is 2. The predicted molar refractivity (Wildman–Crippen MR) is 158 cm³/mol. The van der Waals surface area contributed by atoms with E-state index in [4.69, 9.17) is 16.3 Å². The number of piperazine rings is 1. The Labute approximate surface area is 241 Å². The van der Waals surface area contributed by atoms with Gasteiger partial charge in [-0.3, -0.25) is 9.59 Å². The second kappa shape index (κ2) is 11.5. The van der Waals surface area contributed by atoms with E-state index < -0.39 is 5.92 Å². The lowest BCUT2D eigenvalue weighted by molar-refractivity contribution is -0.135. The Bertz CT molecular complexity index is 1360. The van der Waals surface area contributed by atoms with Crippen molar-refractivity contribution < 1.29 is 14.3 Å². The molecule has 7 heteroatoms. The maximum atomic E-state index is 14.6. The number of ether oxygens (including phenoxy) is 1. The Balaban J connectivity index is 1.37. The molecule has 0 bridgehead atoms. The SMILES string of the molecule is COc1ccc([C@H]2[C@H](C(=O)N3CCN(c4ccccc4Cl)CC3)c3ccccc3C(=O)N2C2CCCCC2)cc1. The minimum atomic E-state index is -0.476. The fourth-order valence-corrected chi connectivity index (χ4v) is 7.06. The van der Waals surface area contributed by atoms with Gasteiger partial charge in [0.15, 0.2) is 0 Å². The van der Waals surface area contributed by atoms with Crippen molar-refractivity contribution in [3.63, 3.8) is 0 Å². The van der Waals surface area contributed by atoms with Gasteiger partial charge in [0.05, 0.1) is 29.8 Å². The highest BCUT2D eigenvalue weighted by molar-refractivity contribution is 6.33. The summed E-state index contributed by atoms with van der Waals surface area (Å²) in [6.45, 7) is 2.63. The van der Waals surface area contributed by atoms with Crippen molar-refractivity contribution in [3.8, 4) is 5.75 Å². The van der Waals surface area contributed by atoms with Crippen LogP contribution in [0.1, 0.15) is 65.5 Å². The third-order valence-corrected chi connectivity index (χ3v) is 9.17. The van der Waals surface area contributed by atoms with Crippen LogP contribution in [0.2, 0.25) is 5.02 Å². The van der Waals surface area contributed by atoms with Gasteiger partial charge in [0.1, 0.15) is 5.75 Å². The van der Waals surface area contributed by atoms with Crippen LogP contribution in [0.5, 0.6) is 5.75 Å². The Hall–Kier alpha value is -3.51. The van der Waals surface area contributed by atoms with E-state index in [1.807, 2.05) is 77.7 Å². The van der Waals surface area contributed by atoms with E-state index in [1.54, 1.807) is 7.11 Å². The highest BCUT2D eigenvalue weighted by Crippen LogP contribution is 2.47. The van der Waals surface area contributed by atoms with Crippen LogP contribution in [-0.4, -0.2) is 60.9 Å². The average Bonchev–Trinajstić information content (AvgIpc) is 3.01. The molecule has 0 radical (unpaired) electrons. The topological polar surface area (TPSA) is 53.1 Å². The van der Waals surface area contributed by atoms with Crippen LogP contribution >= 0.6 is 11.6 Å². The number of hydrogen-bond acceptors (Lipinski definition) is 4. The predicted octanol–water partition coefficient (Wildman–Crippen LogP) is 6.31. The molecule has 3 aromatic carbocycles. The van der Waals surface area contributed by atoms with Gasteiger partial charge in [-0.25, -0.2) is 0 Å². The monoisotopic (exact) mass is 557 g/mol. The van der Waals surface area contributed by atoms with E-state index in [2.05, 4.69) is 9.80 Å². The first-order chi connectivity index (χ1) is 19.6. The van der Waals surface area contributed by atoms with Crippen molar-refractivity contribution in [2.24, 2.45) is 0 Å². The van der Waals surface area contributed by atoms with Crippen molar-refractivity contribution in [2.45, 2.75) is 50.1 Å². The molecule has 0 spiro atoms. The number of para-hydroxylation sites is 1. The summed E-state index contributed by atoms with van der Waals surface area (Å²) in [6, 6.07) is 23.3. The molecule has 2 atom stereocenters. The highest BCUT2D eigenvalue weighted by atomic mass is 35.5. The summed E-state index contributed by atoms with van der Waals surface area (Å²) in [4.78, 5) is 35.0. The van der Waals surface area contributed by atoms with Crippen molar-refractivity contribution in [3.05, 3.63) is 94.5 Å². The van der Waals surface area contributed by atoms with Gasteiger partial charge in [-0.05, 0) is 54.3 Å². The molecule has 0 unspecified atom stereocenters. The Morgan fingerprint density at radius 3 is 2.23 bits per heavy atom. The van der Waals surface area contributed by atoms with E-state index >= 15 is 0 Å². The van der Waals surface area contributed by atoms with Crippen LogP contribution in [0.25, 0.3) is 0 Å². The molecule has 2 heterocycles. The third-order valence-electron chi connectivity index (χ3n) is 8.85. The summed E-state index contributed by atoms with van der Waals surface area (Å²) in [6.07, 6.45) is 5.35. The molecular weight excluding hydrogens is 522 g/mol. The summed E-state index contributed by atoms with van der Waals surface area (Å²) in [5.41, 5.74) is 3.47. The molecule has 3 aromatic rings. The zero-order chi connectivity index (χ0) is 27.6. The number of anilines is 1. The number of benzene rings is 3. The second-order valence-electron chi connectivity index (χ2n) is 11.1. The maximum absolute atomic E-state index is 14.6. The number of halogens is 1. The number of carbonyl (C=O) groups is 2. The smallest absolute Gasteiger partial charge is 0.254 e. The molecular formula is C33H36ClN3O3. The third kappa shape index (κ3) is 4.94. The zero-order valence-corrected chi connectivity index (χ0v) is 23.7.